The fraction of sp³-hybridized carbons (Fsp3) is 0.182. The van der Waals surface area contributed by atoms with Crippen LogP contribution >= 0.6 is 11.6 Å². The minimum atomic E-state index is 0.193. The van der Waals surface area contributed by atoms with Crippen LogP contribution in [0.1, 0.15) is 11.3 Å². The Morgan fingerprint density at radius 1 is 1.29 bits per heavy atom. The van der Waals surface area contributed by atoms with Crippen molar-refractivity contribution in [1.29, 1.82) is 0 Å². The van der Waals surface area contributed by atoms with E-state index in [9.17, 15) is 0 Å². The van der Waals surface area contributed by atoms with Crippen LogP contribution in [0.2, 0.25) is 5.02 Å². The average Bonchev–Trinajstić information content (AvgIpc) is 2.32. The molecule has 2 heterocycles. The lowest BCUT2D eigenvalue weighted by Crippen LogP contribution is -2.05. The number of rotatable bonds is 3. The standard InChI is InChI=1S/C11H12ClN5/c1-7-2-3-8(4-14-7)5-15-10-9(12)6-16-11(13)17-10/h2-4,6H,5H2,1H3,(H3,13,15,16,17). The monoisotopic (exact) mass is 249 g/mol. The molecule has 2 aromatic heterocycles. The molecular weight excluding hydrogens is 238 g/mol. The molecule has 0 spiro atoms. The lowest BCUT2D eigenvalue weighted by molar-refractivity contribution is 1.06. The Morgan fingerprint density at radius 3 is 2.82 bits per heavy atom. The maximum Gasteiger partial charge on any atom is 0.222 e. The van der Waals surface area contributed by atoms with E-state index in [0.717, 1.165) is 11.3 Å². The van der Waals surface area contributed by atoms with Gasteiger partial charge >= 0.3 is 0 Å². The van der Waals surface area contributed by atoms with Gasteiger partial charge in [-0.3, -0.25) is 4.98 Å². The van der Waals surface area contributed by atoms with E-state index in [2.05, 4.69) is 20.3 Å². The Kier molecular flexibility index (Phi) is 3.39. The van der Waals surface area contributed by atoms with E-state index in [0.29, 0.717) is 17.4 Å². The summed E-state index contributed by atoms with van der Waals surface area (Å²) in [5, 5.41) is 3.53. The second-order valence-electron chi connectivity index (χ2n) is 3.59. The minimum absolute atomic E-state index is 0.193. The molecule has 3 N–H and O–H groups in total. The number of halogens is 1. The highest BCUT2D eigenvalue weighted by Gasteiger charge is 2.03. The number of hydrogen-bond donors (Lipinski definition) is 2. The van der Waals surface area contributed by atoms with E-state index in [-0.39, 0.29) is 5.95 Å². The van der Waals surface area contributed by atoms with Crippen molar-refractivity contribution in [2.24, 2.45) is 0 Å². The molecule has 17 heavy (non-hydrogen) atoms. The van der Waals surface area contributed by atoms with Crippen molar-refractivity contribution < 1.29 is 0 Å². The minimum Gasteiger partial charge on any atom is -0.368 e. The van der Waals surface area contributed by atoms with Crippen molar-refractivity contribution in [3.63, 3.8) is 0 Å². The zero-order valence-electron chi connectivity index (χ0n) is 9.31. The Labute approximate surface area is 104 Å². The summed E-state index contributed by atoms with van der Waals surface area (Å²) in [5.41, 5.74) is 7.51. The summed E-state index contributed by atoms with van der Waals surface area (Å²) >= 11 is 5.93. The predicted molar refractivity (Wildman–Crippen MR) is 67.8 cm³/mol. The van der Waals surface area contributed by atoms with Crippen LogP contribution in [0.5, 0.6) is 0 Å². The zero-order valence-corrected chi connectivity index (χ0v) is 10.1. The van der Waals surface area contributed by atoms with E-state index in [1.54, 1.807) is 6.20 Å². The summed E-state index contributed by atoms with van der Waals surface area (Å²) in [7, 11) is 0. The van der Waals surface area contributed by atoms with Crippen molar-refractivity contribution in [2.45, 2.75) is 13.5 Å². The number of aryl methyl sites for hydroxylation is 1. The molecule has 0 aliphatic rings. The van der Waals surface area contributed by atoms with Gasteiger partial charge in [-0.15, -0.1) is 0 Å². The first-order chi connectivity index (χ1) is 8.15. The third-order valence-electron chi connectivity index (χ3n) is 2.20. The summed E-state index contributed by atoms with van der Waals surface area (Å²) in [6, 6.07) is 3.95. The predicted octanol–water partition coefficient (Wildman–Crippen LogP) is 2.03. The number of nitrogens with zero attached hydrogens (tertiary/aromatic N) is 3. The Balaban J connectivity index is 2.07. The van der Waals surface area contributed by atoms with Crippen LogP contribution in [0, 0.1) is 6.92 Å². The summed E-state index contributed by atoms with van der Waals surface area (Å²) in [6.45, 7) is 2.53. The number of pyridine rings is 1. The molecule has 2 aromatic rings. The van der Waals surface area contributed by atoms with Gasteiger partial charge in [0.05, 0.1) is 6.20 Å². The third kappa shape index (κ3) is 3.04. The van der Waals surface area contributed by atoms with Gasteiger partial charge in [-0.1, -0.05) is 17.7 Å². The van der Waals surface area contributed by atoms with Crippen molar-refractivity contribution in [2.75, 3.05) is 11.1 Å². The maximum absolute atomic E-state index is 5.93. The smallest absolute Gasteiger partial charge is 0.222 e. The third-order valence-corrected chi connectivity index (χ3v) is 2.47. The fourth-order valence-corrected chi connectivity index (χ4v) is 1.45. The molecule has 0 amide bonds. The molecule has 2 rings (SSSR count). The Bertz CT molecular complexity index is 512. The van der Waals surface area contributed by atoms with Crippen molar-refractivity contribution in [3.8, 4) is 0 Å². The highest BCUT2D eigenvalue weighted by Crippen LogP contribution is 2.18. The molecule has 0 bridgehead atoms. The van der Waals surface area contributed by atoms with Crippen LogP contribution in [0.25, 0.3) is 0 Å². The molecule has 0 fully saturated rings. The molecule has 0 aromatic carbocycles. The summed E-state index contributed by atoms with van der Waals surface area (Å²) in [6.07, 6.45) is 3.28. The van der Waals surface area contributed by atoms with Crippen LogP contribution in [0.4, 0.5) is 11.8 Å². The first-order valence-corrected chi connectivity index (χ1v) is 5.46. The summed E-state index contributed by atoms with van der Waals surface area (Å²) in [5.74, 6) is 0.721. The molecule has 0 saturated carbocycles. The Morgan fingerprint density at radius 2 is 2.12 bits per heavy atom. The second-order valence-corrected chi connectivity index (χ2v) is 3.99. The Hall–Kier alpha value is -1.88. The molecule has 0 aliphatic carbocycles. The highest BCUT2D eigenvalue weighted by molar-refractivity contribution is 6.32. The van der Waals surface area contributed by atoms with Gasteiger partial charge in [0.2, 0.25) is 5.95 Å². The topological polar surface area (TPSA) is 76.7 Å². The van der Waals surface area contributed by atoms with Crippen molar-refractivity contribution in [3.05, 3.63) is 40.8 Å². The van der Waals surface area contributed by atoms with Gasteiger partial charge in [0.15, 0.2) is 5.82 Å². The maximum atomic E-state index is 5.93. The van der Waals surface area contributed by atoms with Crippen LogP contribution in [0.15, 0.2) is 24.5 Å². The van der Waals surface area contributed by atoms with E-state index < -0.39 is 0 Å². The molecule has 0 atom stereocenters. The highest BCUT2D eigenvalue weighted by atomic mass is 35.5. The molecule has 0 unspecified atom stereocenters. The summed E-state index contributed by atoms with van der Waals surface area (Å²) < 4.78 is 0. The van der Waals surface area contributed by atoms with Gasteiger partial charge in [0.1, 0.15) is 5.02 Å². The molecule has 5 nitrogen and oxygen atoms in total. The average molecular weight is 250 g/mol. The van der Waals surface area contributed by atoms with E-state index in [1.807, 2.05) is 19.1 Å². The number of nitrogens with one attached hydrogen (secondary N) is 1. The van der Waals surface area contributed by atoms with Gasteiger partial charge in [-0.25, -0.2) is 4.98 Å². The van der Waals surface area contributed by atoms with Crippen LogP contribution in [-0.2, 0) is 6.54 Å². The molecule has 88 valence electrons. The van der Waals surface area contributed by atoms with Crippen LogP contribution in [0.3, 0.4) is 0 Å². The molecule has 0 saturated heterocycles. The second kappa shape index (κ2) is 4.97. The lowest BCUT2D eigenvalue weighted by atomic mass is 10.2. The first-order valence-electron chi connectivity index (χ1n) is 5.08. The summed E-state index contributed by atoms with van der Waals surface area (Å²) in [4.78, 5) is 12.0. The number of hydrogen-bond acceptors (Lipinski definition) is 5. The van der Waals surface area contributed by atoms with Crippen LogP contribution < -0.4 is 11.1 Å². The molecule has 6 heteroatoms. The quantitative estimate of drug-likeness (QED) is 0.870. The van der Waals surface area contributed by atoms with Crippen LogP contribution in [-0.4, -0.2) is 15.0 Å². The van der Waals surface area contributed by atoms with Gasteiger partial charge in [-0.2, -0.15) is 4.98 Å². The molecule has 0 radical (unpaired) electrons. The fourth-order valence-electron chi connectivity index (χ4n) is 1.29. The van der Waals surface area contributed by atoms with E-state index in [1.165, 1.54) is 6.20 Å². The van der Waals surface area contributed by atoms with E-state index in [4.69, 9.17) is 17.3 Å². The van der Waals surface area contributed by atoms with Gasteiger partial charge in [0.25, 0.3) is 0 Å². The number of anilines is 2. The zero-order chi connectivity index (χ0) is 12.3. The number of aromatic nitrogens is 3. The largest absolute Gasteiger partial charge is 0.368 e. The number of nitrogen functional groups attached to an aromatic ring is 1. The van der Waals surface area contributed by atoms with Crippen molar-refractivity contribution >= 4 is 23.4 Å². The van der Waals surface area contributed by atoms with E-state index >= 15 is 0 Å². The normalized spacial score (nSPS) is 10.2. The lowest BCUT2D eigenvalue weighted by Gasteiger charge is -2.07. The number of nitrogens with two attached hydrogens (primary N) is 1. The molecular formula is C11H12ClN5. The van der Waals surface area contributed by atoms with Crippen molar-refractivity contribution in [1.82, 2.24) is 15.0 Å². The first kappa shape index (κ1) is 11.6. The SMILES string of the molecule is Cc1ccc(CNc2nc(N)ncc2Cl)cn1. The van der Waals surface area contributed by atoms with Gasteiger partial charge < -0.3 is 11.1 Å². The van der Waals surface area contributed by atoms with Gasteiger partial charge in [-0.05, 0) is 18.6 Å². The van der Waals surface area contributed by atoms with Gasteiger partial charge in [0, 0.05) is 18.4 Å². The molecule has 0 aliphatic heterocycles.